The number of carbonyl (C=O) groups excluding carboxylic acids is 2. The highest BCUT2D eigenvalue weighted by molar-refractivity contribution is 6.31. The highest BCUT2D eigenvalue weighted by atomic mass is 35.5. The number of halogens is 1. The highest BCUT2D eigenvalue weighted by Crippen LogP contribution is 2.27. The molecule has 208 valence electrons. The van der Waals surface area contributed by atoms with E-state index in [0.717, 1.165) is 16.7 Å². The first-order valence-corrected chi connectivity index (χ1v) is 13.2. The van der Waals surface area contributed by atoms with Crippen LogP contribution in [0, 0.1) is 0 Å². The van der Waals surface area contributed by atoms with E-state index in [9.17, 15) is 24.9 Å². The van der Waals surface area contributed by atoms with Gasteiger partial charge in [0.05, 0.1) is 18.2 Å². The van der Waals surface area contributed by atoms with Crippen molar-refractivity contribution < 1.29 is 24.9 Å². The van der Waals surface area contributed by atoms with Crippen LogP contribution in [0.5, 0.6) is 11.5 Å². The minimum absolute atomic E-state index is 0.0170. The van der Waals surface area contributed by atoms with Crippen molar-refractivity contribution in [2.45, 2.75) is 51.8 Å². The lowest BCUT2D eigenvalue weighted by Gasteiger charge is -2.28. The fraction of sp³-hybridized carbons (Fsp3) is 0.333. The van der Waals surface area contributed by atoms with Crippen molar-refractivity contribution >= 4 is 29.6 Å². The minimum atomic E-state index is -0.844. The standard InChI is InChI=1S/C30H36ClN3O5/c1-4-34(18-23-8-10-24(36)15-25(23)31)29(39)13-20-6-5-7-21(12-20)16-30(2,3)33-17-28(38)22-9-11-27(37)26(14-22)32-19-35/h5-12,14-15,19,28,33,36-38H,4,13,16-18H2,1-3H3,(H,32,35)/t28-/m1/s1. The molecule has 0 aliphatic carbocycles. The number of phenols is 2. The van der Waals surface area contributed by atoms with Gasteiger partial charge in [-0.1, -0.05) is 48.0 Å². The summed E-state index contributed by atoms with van der Waals surface area (Å²) in [6.07, 6.45) is 0.542. The third-order valence-electron chi connectivity index (χ3n) is 6.52. The van der Waals surface area contributed by atoms with Crippen molar-refractivity contribution in [1.82, 2.24) is 10.2 Å². The summed E-state index contributed by atoms with van der Waals surface area (Å²) in [5.41, 5.74) is 3.17. The van der Waals surface area contributed by atoms with Crippen LogP contribution >= 0.6 is 11.6 Å². The average molecular weight is 554 g/mol. The third-order valence-corrected chi connectivity index (χ3v) is 6.87. The molecule has 0 aliphatic rings. The summed E-state index contributed by atoms with van der Waals surface area (Å²) in [5, 5.41) is 36.3. The van der Waals surface area contributed by atoms with Gasteiger partial charge in [0.15, 0.2) is 0 Å². The summed E-state index contributed by atoms with van der Waals surface area (Å²) in [6.45, 7) is 7.15. The van der Waals surface area contributed by atoms with E-state index in [4.69, 9.17) is 11.6 Å². The van der Waals surface area contributed by atoms with E-state index in [1.54, 1.807) is 29.2 Å². The van der Waals surface area contributed by atoms with Gasteiger partial charge in [0.2, 0.25) is 12.3 Å². The predicted molar refractivity (Wildman–Crippen MR) is 153 cm³/mol. The fourth-order valence-corrected chi connectivity index (χ4v) is 4.62. The van der Waals surface area contributed by atoms with Gasteiger partial charge in [-0.3, -0.25) is 9.59 Å². The average Bonchev–Trinajstić information content (AvgIpc) is 2.88. The lowest BCUT2D eigenvalue weighted by atomic mass is 9.93. The summed E-state index contributed by atoms with van der Waals surface area (Å²) < 4.78 is 0. The molecule has 0 aliphatic heterocycles. The molecule has 0 radical (unpaired) electrons. The molecule has 3 aromatic carbocycles. The Bertz CT molecular complexity index is 1300. The molecule has 0 saturated heterocycles. The van der Waals surface area contributed by atoms with E-state index in [2.05, 4.69) is 10.6 Å². The van der Waals surface area contributed by atoms with Crippen molar-refractivity contribution in [3.05, 3.63) is 87.9 Å². The van der Waals surface area contributed by atoms with Crippen LogP contribution in [0.4, 0.5) is 5.69 Å². The van der Waals surface area contributed by atoms with Crippen LogP contribution in [0.3, 0.4) is 0 Å². The highest BCUT2D eigenvalue weighted by Gasteiger charge is 2.21. The van der Waals surface area contributed by atoms with Crippen LogP contribution in [0.25, 0.3) is 0 Å². The number of rotatable bonds is 13. The first-order valence-electron chi connectivity index (χ1n) is 12.8. The van der Waals surface area contributed by atoms with Gasteiger partial charge in [0, 0.05) is 30.2 Å². The zero-order valence-corrected chi connectivity index (χ0v) is 23.2. The lowest BCUT2D eigenvalue weighted by molar-refractivity contribution is -0.130. The second-order valence-corrected chi connectivity index (χ2v) is 10.6. The molecular formula is C30H36ClN3O5. The Hall–Kier alpha value is -3.59. The van der Waals surface area contributed by atoms with Gasteiger partial charge < -0.3 is 30.9 Å². The summed E-state index contributed by atoms with van der Waals surface area (Å²) in [7, 11) is 0. The molecule has 5 N–H and O–H groups in total. The number of benzene rings is 3. The van der Waals surface area contributed by atoms with Gasteiger partial charge in [-0.05, 0) is 73.7 Å². The van der Waals surface area contributed by atoms with Crippen LogP contribution in [0.1, 0.15) is 49.1 Å². The molecule has 1 atom stereocenters. The first-order chi connectivity index (χ1) is 18.5. The topological polar surface area (TPSA) is 122 Å². The maximum atomic E-state index is 13.1. The maximum Gasteiger partial charge on any atom is 0.227 e. The Balaban J connectivity index is 1.60. The van der Waals surface area contributed by atoms with E-state index < -0.39 is 6.10 Å². The molecular weight excluding hydrogens is 518 g/mol. The van der Waals surface area contributed by atoms with Crippen LogP contribution in [0.15, 0.2) is 60.7 Å². The number of carbonyl (C=O) groups is 2. The number of nitrogens with zero attached hydrogens (tertiary/aromatic N) is 1. The molecule has 0 saturated carbocycles. The Morgan fingerprint density at radius 3 is 2.51 bits per heavy atom. The molecule has 0 spiro atoms. The molecule has 8 nitrogen and oxygen atoms in total. The Morgan fingerprint density at radius 1 is 1.08 bits per heavy atom. The number of hydrogen-bond acceptors (Lipinski definition) is 6. The van der Waals surface area contributed by atoms with E-state index in [1.165, 1.54) is 12.1 Å². The summed E-state index contributed by atoms with van der Waals surface area (Å²) in [5.74, 6) is -0.00389. The van der Waals surface area contributed by atoms with Gasteiger partial charge in [0.1, 0.15) is 11.5 Å². The molecule has 3 rings (SSSR count). The molecule has 39 heavy (non-hydrogen) atoms. The molecule has 0 bridgehead atoms. The molecule has 9 heteroatoms. The fourth-order valence-electron chi connectivity index (χ4n) is 4.39. The summed E-state index contributed by atoms with van der Waals surface area (Å²) >= 11 is 6.24. The molecule has 3 aromatic rings. The van der Waals surface area contributed by atoms with E-state index in [0.29, 0.717) is 36.5 Å². The summed E-state index contributed by atoms with van der Waals surface area (Å²) in [6, 6.07) is 17.3. The number of hydrogen-bond donors (Lipinski definition) is 5. The van der Waals surface area contributed by atoms with Gasteiger partial charge in [-0.25, -0.2) is 0 Å². The van der Waals surface area contributed by atoms with Crippen LogP contribution in [-0.2, 0) is 29.0 Å². The molecule has 0 heterocycles. The molecule has 0 unspecified atom stereocenters. The number of aliphatic hydroxyl groups is 1. The van der Waals surface area contributed by atoms with Crippen molar-refractivity contribution in [2.75, 3.05) is 18.4 Å². The minimum Gasteiger partial charge on any atom is -0.508 e. The zero-order valence-electron chi connectivity index (χ0n) is 22.4. The number of aromatic hydroxyl groups is 2. The lowest BCUT2D eigenvalue weighted by Crippen LogP contribution is -2.43. The second kappa shape index (κ2) is 13.5. The van der Waals surface area contributed by atoms with Crippen LogP contribution in [0.2, 0.25) is 5.02 Å². The van der Waals surface area contributed by atoms with Gasteiger partial charge in [0.25, 0.3) is 0 Å². The third kappa shape index (κ3) is 8.71. The number of nitrogens with one attached hydrogen (secondary N) is 2. The van der Waals surface area contributed by atoms with E-state index in [1.807, 2.05) is 45.0 Å². The summed E-state index contributed by atoms with van der Waals surface area (Å²) in [4.78, 5) is 25.5. The van der Waals surface area contributed by atoms with Crippen molar-refractivity contribution in [3.8, 4) is 11.5 Å². The first kappa shape index (κ1) is 30.0. The number of amides is 2. The Kier molecular flexibility index (Phi) is 10.3. The van der Waals surface area contributed by atoms with E-state index >= 15 is 0 Å². The monoisotopic (exact) mass is 553 g/mol. The SMILES string of the molecule is CCN(Cc1ccc(O)cc1Cl)C(=O)Cc1cccc(CC(C)(C)NC[C@@H](O)c2ccc(O)c(NC=O)c2)c1. The number of β-amino-alcohol motifs (C(OH)–C–C–N with tert-alkyl or cyclic N) is 1. The number of likely N-dealkylation sites (N-methyl/N-ethyl adjacent to an activating group) is 1. The van der Waals surface area contributed by atoms with Crippen molar-refractivity contribution in [2.24, 2.45) is 0 Å². The molecule has 0 fully saturated rings. The van der Waals surface area contributed by atoms with E-state index in [-0.39, 0.29) is 41.6 Å². The maximum absolute atomic E-state index is 13.1. The molecule has 0 aromatic heterocycles. The number of anilines is 1. The normalized spacial score (nSPS) is 12.1. The Labute approximate surface area is 234 Å². The van der Waals surface area contributed by atoms with Gasteiger partial charge in [-0.2, -0.15) is 0 Å². The zero-order chi connectivity index (χ0) is 28.6. The Morgan fingerprint density at radius 2 is 1.82 bits per heavy atom. The molecule has 2 amide bonds. The quantitative estimate of drug-likeness (QED) is 0.156. The van der Waals surface area contributed by atoms with Crippen molar-refractivity contribution in [1.29, 1.82) is 0 Å². The smallest absolute Gasteiger partial charge is 0.227 e. The van der Waals surface area contributed by atoms with Crippen LogP contribution in [-0.4, -0.2) is 51.2 Å². The van der Waals surface area contributed by atoms with Gasteiger partial charge in [-0.15, -0.1) is 0 Å². The van der Waals surface area contributed by atoms with Gasteiger partial charge >= 0.3 is 0 Å². The van der Waals surface area contributed by atoms with Crippen LogP contribution < -0.4 is 10.6 Å². The number of phenolic OH excluding ortho intramolecular Hbond substituents is 2. The number of aliphatic hydroxyl groups excluding tert-OH is 1. The second-order valence-electron chi connectivity index (χ2n) is 10.2. The largest absolute Gasteiger partial charge is 0.508 e. The van der Waals surface area contributed by atoms with Crippen molar-refractivity contribution in [3.63, 3.8) is 0 Å². The predicted octanol–water partition coefficient (Wildman–Crippen LogP) is 4.56.